The number of urea groups is 1. The molecule has 15 heavy (non-hydrogen) atoms. The van der Waals surface area contributed by atoms with Gasteiger partial charge in [-0.15, -0.1) is 0 Å². The van der Waals surface area contributed by atoms with Gasteiger partial charge in [-0.3, -0.25) is 9.69 Å². The average molecular weight is 210 g/mol. The molecule has 0 fully saturated rings. The molecule has 0 aromatic carbocycles. The second-order valence-electron chi connectivity index (χ2n) is 3.21. The van der Waals surface area contributed by atoms with Gasteiger partial charge in [0, 0.05) is 21.1 Å². The molecule has 1 rings (SSSR count). The number of aromatic nitrogens is 2. The van der Waals surface area contributed by atoms with E-state index in [2.05, 4.69) is 10.3 Å². The van der Waals surface area contributed by atoms with E-state index in [4.69, 9.17) is 0 Å². The lowest BCUT2D eigenvalue weighted by Gasteiger charge is -2.15. The predicted molar refractivity (Wildman–Crippen MR) is 54.5 cm³/mol. The fraction of sp³-hybridized carbons (Fsp3) is 0.444. The van der Waals surface area contributed by atoms with E-state index in [1.165, 1.54) is 14.1 Å². The van der Waals surface area contributed by atoms with E-state index in [1.54, 1.807) is 24.9 Å². The number of amides is 3. The number of hydrogen-bond acceptors (Lipinski definition) is 3. The van der Waals surface area contributed by atoms with Crippen molar-refractivity contribution in [2.45, 2.75) is 6.92 Å². The molecule has 0 saturated carbocycles. The van der Waals surface area contributed by atoms with Gasteiger partial charge in [-0.05, 0) is 6.92 Å². The Kier molecular flexibility index (Phi) is 3.08. The molecule has 6 nitrogen and oxygen atoms in total. The van der Waals surface area contributed by atoms with Crippen LogP contribution >= 0.6 is 0 Å². The van der Waals surface area contributed by atoms with Crippen LogP contribution in [-0.4, -0.2) is 40.5 Å². The number of carbonyl (C=O) groups is 2. The normalized spacial score (nSPS) is 9.87. The zero-order valence-electron chi connectivity index (χ0n) is 9.24. The minimum atomic E-state index is -0.444. The monoisotopic (exact) mass is 210 g/mol. The number of carbonyl (C=O) groups excluding carboxylic acids is 2. The molecule has 0 saturated heterocycles. The molecular weight excluding hydrogens is 196 g/mol. The summed E-state index contributed by atoms with van der Waals surface area (Å²) in [6.45, 7) is 1.73. The second kappa shape index (κ2) is 4.12. The number of nitrogens with one attached hydrogen (secondary N) is 1. The van der Waals surface area contributed by atoms with Crippen LogP contribution in [0, 0.1) is 6.92 Å². The van der Waals surface area contributed by atoms with Crippen molar-refractivity contribution in [3.05, 3.63) is 17.7 Å². The summed E-state index contributed by atoms with van der Waals surface area (Å²) in [5.74, 6) is -0.369. The van der Waals surface area contributed by atoms with Gasteiger partial charge in [0.2, 0.25) is 0 Å². The maximum Gasteiger partial charge on any atom is 0.323 e. The molecule has 1 heterocycles. The molecule has 82 valence electrons. The van der Waals surface area contributed by atoms with E-state index in [0.717, 1.165) is 4.90 Å². The summed E-state index contributed by atoms with van der Waals surface area (Å²) in [5, 5.41) is 2.38. The highest BCUT2D eigenvalue weighted by molar-refractivity contribution is 6.03. The third-order valence-corrected chi connectivity index (χ3v) is 2.15. The highest BCUT2D eigenvalue weighted by atomic mass is 16.2. The first-order valence-corrected chi connectivity index (χ1v) is 4.46. The topological polar surface area (TPSA) is 67.2 Å². The Labute approximate surface area is 87.9 Å². The largest absolute Gasteiger partial charge is 0.341 e. The second-order valence-corrected chi connectivity index (χ2v) is 3.21. The lowest BCUT2D eigenvalue weighted by Crippen LogP contribution is -2.40. The fourth-order valence-corrected chi connectivity index (χ4v) is 1.27. The molecular formula is C9H14N4O2. The highest BCUT2D eigenvalue weighted by Gasteiger charge is 2.22. The summed E-state index contributed by atoms with van der Waals surface area (Å²) in [7, 11) is 4.61. The van der Waals surface area contributed by atoms with Crippen LogP contribution in [0.15, 0.2) is 6.33 Å². The first-order chi connectivity index (χ1) is 6.99. The molecule has 0 atom stereocenters. The number of imide groups is 1. The molecule has 0 bridgehead atoms. The lowest BCUT2D eigenvalue weighted by atomic mass is 10.3. The van der Waals surface area contributed by atoms with Crippen molar-refractivity contribution < 1.29 is 9.59 Å². The van der Waals surface area contributed by atoms with Crippen LogP contribution in [0.2, 0.25) is 0 Å². The molecule has 0 spiro atoms. The summed E-state index contributed by atoms with van der Waals surface area (Å²) < 4.78 is 1.59. The van der Waals surface area contributed by atoms with Crippen LogP contribution in [0.4, 0.5) is 4.79 Å². The first-order valence-electron chi connectivity index (χ1n) is 4.46. The molecule has 0 unspecified atom stereocenters. The Bertz CT molecular complexity index is 377. The van der Waals surface area contributed by atoms with Crippen LogP contribution in [0.1, 0.15) is 16.2 Å². The zero-order chi connectivity index (χ0) is 11.6. The SMILES string of the molecule is CNC(=O)N(C)C(=O)c1c(C)ncn1C. The molecule has 1 aromatic rings. The summed E-state index contributed by atoms with van der Waals surface area (Å²) in [5.41, 5.74) is 1.03. The van der Waals surface area contributed by atoms with Gasteiger partial charge in [0.25, 0.3) is 5.91 Å². The van der Waals surface area contributed by atoms with E-state index in [0.29, 0.717) is 11.4 Å². The van der Waals surface area contributed by atoms with E-state index in [9.17, 15) is 9.59 Å². The van der Waals surface area contributed by atoms with Gasteiger partial charge in [0.15, 0.2) is 0 Å². The maximum atomic E-state index is 11.9. The molecule has 0 radical (unpaired) electrons. The third kappa shape index (κ3) is 1.98. The lowest BCUT2D eigenvalue weighted by molar-refractivity contribution is 0.0823. The molecule has 0 aliphatic carbocycles. The Hall–Kier alpha value is -1.85. The zero-order valence-corrected chi connectivity index (χ0v) is 9.24. The van der Waals surface area contributed by atoms with Gasteiger partial charge >= 0.3 is 6.03 Å². The van der Waals surface area contributed by atoms with Gasteiger partial charge in [0.1, 0.15) is 5.69 Å². The van der Waals surface area contributed by atoms with Crippen molar-refractivity contribution in [1.82, 2.24) is 19.8 Å². The van der Waals surface area contributed by atoms with Crippen LogP contribution in [0.25, 0.3) is 0 Å². The van der Waals surface area contributed by atoms with E-state index < -0.39 is 6.03 Å². The first kappa shape index (κ1) is 11.2. The molecule has 0 aliphatic heterocycles. The van der Waals surface area contributed by atoms with Crippen molar-refractivity contribution >= 4 is 11.9 Å². The standard InChI is InChI=1S/C9H14N4O2/c1-6-7(12(3)5-11-6)8(14)13(4)9(15)10-2/h5H,1-4H3,(H,10,15). The summed E-state index contributed by atoms with van der Waals surface area (Å²) in [6.07, 6.45) is 1.54. The summed E-state index contributed by atoms with van der Waals surface area (Å²) in [6, 6.07) is -0.444. The number of hydrogen-bond donors (Lipinski definition) is 1. The van der Waals surface area contributed by atoms with Gasteiger partial charge in [-0.25, -0.2) is 9.78 Å². The Balaban J connectivity index is 3.00. The van der Waals surface area contributed by atoms with Crippen molar-refractivity contribution in [3.63, 3.8) is 0 Å². The number of aryl methyl sites for hydroxylation is 2. The Morgan fingerprint density at radius 3 is 2.53 bits per heavy atom. The van der Waals surface area contributed by atoms with E-state index >= 15 is 0 Å². The molecule has 3 amide bonds. The van der Waals surface area contributed by atoms with Gasteiger partial charge in [0.05, 0.1) is 12.0 Å². The maximum absolute atomic E-state index is 11.9. The van der Waals surface area contributed by atoms with Crippen LogP contribution < -0.4 is 5.32 Å². The van der Waals surface area contributed by atoms with Crippen molar-refractivity contribution in [3.8, 4) is 0 Å². The average Bonchev–Trinajstić information content (AvgIpc) is 2.55. The smallest absolute Gasteiger partial charge is 0.323 e. The van der Waals surface area contributed by atoms with Gasteiger partial charge in [-0.2, -0.15) is 0 Å². The predicted octanol–water partition coefficient (Wildman–Crippen LogP) is 0.140. The van der Waals surface area contributed by atoms with Gasteiger partial charge in [-0.1, -0.05) is 0 Å². The number of rotatable bonds is 1. The summed E-state index contributed by atoms with van der Waals surface area (Å²) in [4.78, 5) is 28.1. The van der Waals surface area contributed by atoms with Crippen LogP contribution in [-0.2, 0) is 7.05 Å². The molecule has 1 aromatic heterocycles. The fourth-order valence-electron chi connectivity index (χ4n) is 1.27. The van der Waals surface area contributed by atoms with E-state index in [-0.39, 0.29) is 5.91 Å². The molecule has 0 aliphatic rings. The third-order valence-electron chi connectivity index (χ3n) is 2.15. The van der Waals surface area contributed by atoms with Crippen molar-refractivity contribution in [2.75, 3.05) is 14.1 Å². The minimum Gasteiger partial charge on any atom is -0.341 e. The molecule has 6 heteroatoms. The number of nitrogens with zero attached hydrogens (tertiary/aromatic N) is 3. The Morgan fingerprint density at radius 1 is 1.53 bits per heavy atom. The number of imidazole rings is 1. The molecule has 1 N–H and O–H groups in total. The summed E-state index contributed by atoms with van der Waals surface area (Å²) >= 11 is 0. The minimum absolute atomic E-state index is 0.369. The van der Waals surface area contributed by atoms with Crippen LogP contribution in [0.5, 0.6) is 0 Å². The highest BCUT2D eigenvalue weighted by Crippen LogP contribution is 2.07. The van der Waals surface area contributed by atoms with Crippen molar-refractivity contribution in [2.24, 2.45) is 7.05 Å². The quantitative estimate of drug-likeness (QED) is 0.717. The van der Waals surface area contributed by atoms with E-state index in [1.807, 2.05) is 0 Å². The van der Waals surface area contributed by atoms with Crippen molar-refractivity contribution in [1.29, 1.82) is 0 Å². The van der Waals surface area contributed by atoms with Gasteiger partial charge < -0.3 is 9.88 Å². The Morgan fingerprint density at radius 2 is 2.13 bits per heavy atom. The van der Waals surface area contributed by atoms with Crippen LogP contribution in [0.3, 0.4) is 0 Å².